The number of carbonyl (C=O) groups is 1. The fourth-order valence-electron chi connectivity index (χ4n) is 3.08. The average molecular weight is 329 g/mol. The van der Waals surface area contributed by atoms with Gasteiger partial charge in [0.25, 0.3) is 5.56 Å². The molecule has 0 bridgehead atoms. The minimum absolute atomic E-state index is 0.0895. The molecule has 1 aliphatic heterocycles. The lowest BCUT2D eigenvalue weighted by atomic mass is 9.96. The molecule has 1 aromatic carbocycles. The maximum Gasteiger partial charge on any atom is 0.341 e. The Morgan fingerprint density at radius 3 is 2.92 bits per heavy atom. The summed E-state index contributed by atoms with van der Waals surface area (Å²) in [6.07, 6.45) is 2.39. The zero-order chi connectivity index (χ0) is 17.3. The number of carboxylic acids is 1. The van der Waals surface area contributed by atoms with E-state index in [0.717, 1.165) is 17.7 Å². The van der Waals surface area contributed by atoms with Gasteiger partial charge in [-0.3, -0.25) is 4.79 Å². The van der Waals surface area contributed by atoms with Crippen LogP contribution in [0.5, 0.6) is 11.5 Å². The highest BCUT2D eigenvalue weighted by molar-refractivity contribution is 5.88. The number of aromatic nitrogens is 1. The van der Waals surface area contributed by atoms with Gasteiger partial charge in [0, 0.05) is 18.7 Å². The number of rotatable bonds is 4. The van der Waals surface area contributed by atoms with Crippen molar-refractivity contribution < 1.29 is 19.4 Å². The first kappa shape index (κ1) is 16.1. The molecule has 1 N–H and O–H groups in total. The van der Waals surface area contributed by atoms with Crippen molar-refractivity contribution >= 4 is 5.97 Å². The molecule has 0 saturated carbocycles. The molecular weight excluding hydrogens is 310 g/mol. The van der Waals surface area contributed by atoms with Crippen molar-refractivity contribution in [3.8, 4) is 11.5 Å². The molecule has 0 fully saturated rings. The molecule has 1 unspecified atom stereocenters. The number of nitrogens with zero attached hydrogens (tertiary/aromatic N) is 1. The predicted molar refractivity (Wildman–Crippen MR) is 88.1 cm³/mol. The number of hydrogen-bond donors (Lipinski definition) is 1. The quantitative estimate of drug-likeness (QED) is 0.929. The fraction of sp³-hybridized carbons (Fsp3) is 0.333. The van der Waals surface area contributed by atoms with Gasteiger partial charge in [0.2, 0.25) is 0 Å². The van der Waals surface area contributed by atoms with Gasteiger partial charge in [-0.05, 0) is 36.6 Å². The Balaban J connectivity index is 1.85. The summed E-state index contributed by atoms with van der Waals surface area (Å²) in [7, 11) is 1.60. The highest BCUT2D eigenvalue weighted by atomic mass is 16.5. The van der Waals surface area contributed by atoms with E-state index in [-0.39, 0.29) is 11.5 Å². The second-order valence-corrected chi connectivity index (χ2v) is 5.97. The van der Waals surface area contributed by atoms with E-state index >= 15 is 0 Å². The number of fused-ring (bicyclic) bond motifs is 1. The molecule has 0 amide bonds. The first-order chi connectivity index (χ1) is 11.5. The molecule has 2 heterocycles. The van der Waals surface area contributed by atoms with Gasteiger partial charge in [0.15, 0.2) is 11.5 Å². The van der Waals surface area contributed by atoms with Crippen LogP contribution in [-0.4, -0.2) is 29.4 Å². The summed E-state index contributed by atoms with van der Waals surface area (Å²) < 4.78 is 12.6. The third kappa shape index (κ3) is 2.87. The van der Waals surface area contributed by atoms with Gasteiger partial charge in [-0.2, -0.15) is 0 Å². The average Bonchev–Trinajstić information content (AvgIpc) is 2.56. The summed E-state index contributed by atoms with van der Waals surface area (Å²) in [5, 5.41) is 9.21. The molecule has 6 heteroatoms. The van der Waals surface area contributed by atoms with Crippen LogP contribution >= 0.6 is 0 Å². The summed E-state index contributed by atoms with van der Waals surface area (Å²) in [5.74, 6) is 0.346. The lowest BCUT2D eigenvalue weighted by Crippen LogP contribution is -2.33. The van der Waals surface area contributed by atoms with Crippen LogP contribution in [0.25, 0.3) is 0 Å². The molecular formula is C18H19NO5. The Labute approximate surface area is 139 Å². The van der Waals surface area contributed by atoms with Crippen molar-refractivity contribution in [3.63, 3.8) is 0 Å². The first-order valence-corrected chi connectivity index (χ1v) is 7.73. The number of para-hydroxylation sites is 1. The summed E-state index contributed by atoms with van der Waals surface area (Å²) >= 11 is 0. The van der Waals surface area contributed by atoms with Crippen LogP contribution in [0.2, 0.25) is 0 Å². The van der Waals surface area contributed by atoms with Crippen molar-refractivity contribution in [2.24, 2.45) is 5.92 Å². The van der Waals surface area contributed by atoms with Gasteiger partial charge in [0.05, 0.1) is 13.7 Å². The Kier molecular flexibility index (Phi) is 4.29. The van der Waals surface area contributed by atoms with E-state index < -0.39 is 11.5 Å². The molecule has 0 spiro atoms. The van der Waals surface area contributed by atoms with E-state index in [1.165, 1.54) is 4.57 Å². The Morgan fingerprint density at radius 2 is 2.21 bits per heavy atom. The molecule has 0 radical (unpaired) electrons. The Hall–Kier alpha value is -2.76. The number of aryl methyl sites for hydroxylation is 1. The van der Waals surface area contributed by atoms with Crippen LogP contribution in [0.3, 0.4) is 0 Å². The Morgan fingerprint density at radius 1 is 1.42 bits per heavy atom. The second-order valence-electron chi connectivity index (χ2n) is 5.97. The minimum Gasteiger partial charge on any atom is -0.493 e. The zero-order valence-electron chi connectivity index (χ0n) is 13.6. The third-order valence-corrected chi connectivity index (χ3v) is 4.29. The summed E-state index contributed by atoms with van der Waals surface area (Å²) in [5.41, 5.74) is 0.859. The van der Waals surface area contributed by atoms with E-state index in [2.05, 4.69) is 0 Å². The normalized spacial score (nSPS) is 16.2. The summed E-state index contributed by atoms with van der Waals surface area (Å²) in [6, 6.07) is 7.39. The van der Waals surface area contributed by atoms with Crippen LogP contribution in [-0.2, 0) is 13.0 Å². The molecule has 1 aliphatic rings. The highest BCUT2D eigenvalue weighted by Crippen LogP contribution is 2.36. The van der Waals surface area contributed by atoms with E-state index in [1.54, 1.807) is 26.3 Å². The minimum atomic E-state index is -1.19. The molecule has 24 heavy (non-hydrogen) atoms. The van der Waals surface area contributed by atoms with Crippen molar-refractivity contribution in [1.82, 2.24) is 4.57 Å². The lowest BCUT2D eigenvalue weighted by molar-refractivity contribution is 0.0693. The van der Waals surface area contributed by atoms with Crippen LogP contribution in [0.15, 0.2) is 35.3 Å². The summed E-state index contributed by atoms with van der Waals surface area (Å²) in [4.78, 5) is 23.6. The topological polar surface area (TPSA) is 77.8 Å². The third-order valence-electron chi connectivity index (χ3n) is 4.29. The van der Waals surface area contributed by atoms with E-state index in [0.29, 0.717) is 24.5 Å². The Bertz CT molecular complexity index is 840. The van der Waals surface area contributed by atoms with Gasteiger partial charge in [-0.1, -0.05) is 12.1 Å². The van der Waals surface area contributed by atoms with Crippen LogP contribution in [0.1, 0.15) is 21.5 Å². The molecule has 1 aromatic heterocycles. The summed E-state index contributed by atoms with van der Waals surface area (Å²) in [6.45, 7) is 2.49. The smallest absolute Gasteiger partial charge is 0.341 e. The molecule has 0 saturated heterocycles. The SMILES string of the molecule is COc1cccc2c1OCC(Cn1ccc(C)c(C(=O)O)c1=O)C2. The van der Waals surface area contributed by atoms with Gasteiger partial charge < -0.3 is 19.1 Å². The number of methoxy groups -OCH3 is 1. The molecule has 1 atom stereocenters. The van der Waals surface area contributed by atoms with Gasteiger partial charge >= 0.3 is 5.97 Å². The maximum atomic E-state index is 12.4. The first-order valence-electron chi connectivity index (χ1n) is 7.73. The standard InChI is InChI=1S/C18H19NO5/c1-11-6-7-19(17(20)15(11)18(21)22)9-12-8-13-4-3-5-14(23-2)16(13)24-10-12/h3-7,12H,8-10H2,1-2H3,(H,21,22). The van der Waals surface area contributed by atoms with Gasteiger partial charge in [-0.25, -0.2) is 4.79 Å². The van der Waals surface area contributed by atoms with Crippen LogP contribution in [0.4, 0.5) is 0 Å². The maximum absolute atomic E-state index is 12.4. The number of aromatic carboxylic acids is 1. The number of carboxylic acid groups (broad SMARTS) is 1. The molecule has 126 valence electrons. The molecule has 2 aromatic rings. The van der Waals surface area contributed by atoms with Gasteiger partial charge in [0.1, 0.15) is 5.56 Å². The molecule has 6 nitrogen and oxygen atoms in total. The van der Waals surface area contributed by atoms with Crippen molar-refractivity contribution in [3.05, 3.63) is 57.5 Å². The van der Waals surface area contributed by atoms with Crippen LogP contribution in [0, 0.1) is 12.8 Å². The number of hydrogen-bond acceptors (Lipinski definition) is 4. The number of ether oxygens (including phenoxy) is 2. The van der Waals surface area contributed by atoms with Crippen molar-refractivity contribution in [2.75, 3.05) is 13.7 Å². The highest BCUT2D eigenvalue weighted by Gasteiger charge is 2.24. The van der Waals surface area contributed by atoms with Gasteiger partial charge in [-0.15, -0.1) is 0 Å². The van der Waals surface area contributed by atoms with Crippen molar-refractivity contribution in [2.45, 2.75) is 19.9 Å². The predicted octanol–water partition coefficient (Wildman–Crippen LogP) is 2.11. The monoisotopic (exact) mass is 329 g/mol. The number of pyridine rings is 1. The zero-order valence-corrected chi connectivity index (χ0v) is 13.6. The fourth-order valence-corrected chi connectivity index (χ4v) is 3.08. The van der Waals surface area contributed by atoms with Crippen LogP contribution < -0.4 is 15.0 Å². The number of benzene rings is 1. The molecule has 0 aliphatic carbocycles. The lowest BCUT2D eigenvalue weighted by Gasteiger charge is -2.27. The van der Waals surface area contributed by atoms with E-state index in [4.69, 9.17) is 9.47 Å². The van der Waals surface area contributed by atoms with E-state index in [9.17, 15) is 14.7 Å². The second kappa shape index (κ2) is 6.39. The van der Waals surface area contributed by atoms with Crippen molar-refractivity contribution in [1.29, 1.82) is 0 Å². The largest absolute Gasteiger partial charge is 0.493 e. The molecule has 3 rings (SSSR count). The van der Waals surface area contributed by atoms with E-state index in [1.807, 2.05) is 18.2 Å².